The minimum Gasteiger partial charge on any atom is -0.451 e. The van der Waals surface area contributed by atoms with Gasteiger partial charge in [0.25, 0.3) is 5.89 Å². The second-order valence-corrected chi connectivity index (χ2v) is 8.19. The van der Waals surface area contributed by atoms with Crippen LogP contribution in [-0.4, -0.2) is 44.8 Å². The van der Waals surface area contributed by atoms with Crippen LogP contribution in [-0.2, 0) is 11.3 Å². The van der Waals surface area contributed by atoms with Gasteiger partial charge in [0.15, 0.2) is 11.6 Å². The van der Waals surface area contributed by atoms with Gasteiger partial charge in [-0.25, -0.2) is 4.79 Å². The van der Waals surface area contributed by atoms with Crippen LogP contribution >= 0.6 is 0 Å². The van der Waals surface area contributed by atoms with Crippen LogP contribution in [0.5, 0.6) is 0 Å². The molecule has 1 aliphatic heterocycles. The number of ether oxygens (including phenoxy) is 1. The summed E-state index contributed by atoms with van der Waals surface area (Å²) in [7, 11) is 0. The zero-order valence-electron chi connectivity index (χ0n) is 17.3. The molecule has 3 aromatic heterocycles. The molecular formula is C21H25N5O4. The minimum absolute atomic E-state index is 0.254. The predicted molar refractivity (Wildman–Crippen MR) is 109 cm³/mol. The minimum atomic E-state index is -0.475. The molecule has 9 nitrogen and oxygen atoms in total. The van der Waals surface area contributed by atoms with Crippen molar-refractivity contribution in [1.29, 1.82) is 0 Å². The molecule has 1 fully saturated rings. The third-order valence-electron chi connectivity index (χ3n) is 4.62. The lowest BCUT2D eigenvalue weighted by atomic mass is 10.1. The maximum atomic E-state index is 12.1. The number of piperidine rings is 1. The summed E-state index contributed by atoms with van der Waals surface area (Å²) in [5.74, 6) is 1.39. The lowest BCUT2D eigenvalue weighted by Crippen LogP contribution is -2.40. The normalized spacial score (nSPS) is 14.8. The second kappa shape index (κ2) is 8.17. The van der Waals surface area contributed by atoms with Gasteiger partial charge in [0.1, 0.15) is 11.2 Å². The molecule has 0 saturated carbocycles. The molecule has 3 aromatic rings. The maximum absolute atomic E-state index is 12.1. The predicted octanol–water partition coefficient (Wildman–Crippen LogP) is 3.88. The first-order valence-electron chi connectivity index (χ1n) is 9.93. The van der Waals surface area contributed by atoms with Gasteiger partial charge < -0.3 is 23.9 Å². The van der Waals surface area contributed by atoms with Gasteiger partial charge in [-0.3, -0.25) is 4.98 Å². The molecule has 0 radical (unpaired) electrons. The molecule has 30 heavy (non-hydrogen) atoms. The average Bonchev–Trinajstić information content (AvgIpc) is 3.34. The quantitative estimate of drug-likeness (QED) is 0.689. The number of pyridine rings is 1. The van der Waals surface area contributed by atoms with Crippen molar-refractivity contribution in [3.63, 3.8) is 0 Å². The van der Waals surface area contributed by atoms with E-state index in [1.807, 2.05) is 33.0 Å². The number of rotatable bonds is 4. The van der Waals surface area contributed by atoms with E-state index < -0.39 is 5.60 Å². The average molecular weight is 411 g/mol. The summed E-state index contributed by atoms with van der Waals surface area (Å²) in [6, 6.07) is 3.62. The van der Waals surface area contributed by atoms with Crippen LogP contribution in [0.3, 0.4) is 0 Å². The summed E-state index contributed by atoms with van der Waals surface area (Å²) in [6.07, 6.45) is 6.71. The van der Waals surface area contributed by atoms with Crippen LogP contribution in [0.15, 0.2) is 45.2 Å². The molecular weight excluding hydrogens is 386 g/mol. The van der Waals surface area contributed by atoms with Crippen molar-refractivity contribution >= 4 is 17.1 Å². The van der Waals surface area contributed by atoms with Gasteiger partial charge in [0.2, 0.25) is 0 Å². The highest BCUT2D eigenvalue weighted by Crippen LogP contribution is 2.26. The fourth-order valence-corrected chi connectivity index (χ4v) is 3.15. The Hall–Kier alpha value is -3.36. The number of nitrogens with zero attached hydrogens (tertiary/aromatic N) is 4. The van der Waals surface area contributed by atoms with Crippen LogP contribution in [0, 0.1) is 0 Å². The summed E-state index contributed by atoms with van der Waals surface area (Å²) >= 11 is 0. The zero-order valence-corrected chi connectivity index (χ0v) is 17.3. The van der Waals surface area contributed by atoms with Crippen LogP contribution in [0.25, 0.3) is 22.6 Å². The number of likely N-dealkylation sites (tertiary alicyclic amines) is 1. The molecule has 1 amide bonds. The van der Waals surface area contributed by atoms with E-state index in [0.717, 1.165) is 23.8 Å². The Balaban J connectivity index is 1.28. The van der Waals surface area contributed by atoms with E-state index in [1.54, 1.807) is 23.4 Å². The lowest BCUT2D eigenvalue weighted by molar-refractivity contribution is 0.0236. The maximum Gasteiger partial charge on any atom is 0.410 e. The third kappa shape index (κ3) is 4.79. The number of carbonyl (C=O) groups excluding carboxylic acids is 1. The first kappa shape index (κ1) is 19.9. The molecule has 4 rings (SSSR count). The van der Waals surface area contributed by atoms with E-state index in [9.17, 15) is 4.79 Å². The van der Waals surface area contributed by atoms with Crippen molar-refractivity contribution in [3.8, 4) is 11.7 Å². The van der Waals surface area contributed by atoms with E-state index in [-0.39, 0.29) is 6.09 Å². The monoisotopic (exact) mass is 411 g/mol. The molecule has 1 saturated heterocycles. The Morgan fingerprint density at radius 1 is 1.33 bits per heavy atom. The van der Waals surface area contributed by atoms with Crippen molar-refractivity contribution in [1.82, 2.24) is 25.3 Å². The van der Waals surface area contributed by atoms with Gasteiger partial charge in [-0.1, -0.05) is 10.7 Å². The van der Waals surface area contributed by atoms with Crippen LogP contribution in [0.1, 0.15) is 39.4 Å². The third-order valence-corrected chi connectivity index (χ3v) is 4.62. The van der Waals surface area contributed by atoms with Crippen molar-refractivity contribution in [3.05, 3.63) is 42.1 Å². The number of furan rings is 1. The van der Waals surface area contributed by atoms with E-state index in [2.05, 4.69) is 20.4 Å². The smallest absolute Gasteiger partial charge is 0.410 e. The van der Waals surface area contributed by atoms with Crippen molar-refractivity contribution < 1.29 is 18.5 Å². The molecule has 0 unspecified atom stereocenters. The highest BCUT2D eigenvalue weighted by atomic mass is 16.6. The highest BCUT2D eigenvalue weighted by Gasteiger charge is 2.24. The van der Waals surface area contributed by atoms with Crippen LogP contribution < -0.4 is 5.32 Å². The largest absolute Gasteiger partial charge is 0.451 e. The van der Waals surface area contributed by atoms with Crippen molar-refractivity contribution in [2.24, 2.45) is 0 Å². The number of hydrogen-bond donors (Lipinski definition) is 1. The van der Waals surface area contributed by atoms with Gasteiger partial charge in [-0.05, 0) is 51.9 Å². The topological polar surface area (TPSA) is 107 Å². The summed E-state index contributed by atoms with van der Waals surface area (Å²) in [4.78, 5) is 22.3. The number of nitrogens with one attached hydrogen (secondary N) is 1. The Kier molecular flexibility index (Phi) is 5.43. The van der Waals surface area contributed by atoms with Crippen LogP contribution in [0.2, 0.25) is 0 Å². The Labute approximate surface area is 174 Å². The van der Waals surface area contributed by atoms with Crippen LogP contribution in [0.4, 0.5) is 4.79 Å². The molecule has 0 bridgehead atoms. The highest BCUT2D eigenvalue weighted by molar-refractivity contribution is 5.80. The second-order valence-electron chi connectivity index (χ2n) is 8.19. The number of carbonyl (C=O) groups is 1. The standard InChI is InChI=1S/C21H25N5O4/c1-21(2,3)29-20(27)26-8-5-14(6-9-26)11-23-13-18-24-19(30-25-18)17-10-15-12-22-7-4-16(15)28-17/h4,7,10-12,23H,5-6,8-9,13H2,1-3H3. The van der Waals surface area contributed by atoms with E-state index in [4.69, 9.17) is 13.7 Å². The van der Waals surface area contributed by atoms with Gasteiger partial charge in [-0.15, -0.1) is 0 Å². The molecule has 0 atom stereocenters. The number of hydrogen-bond acceptors (Lipinski definition) is 8. The number of amides is 1. The first-order valence-corrected chi connectivity index (χ1v) is 9.93. The molecule has 0 aromatic carbocycles. The molecule has 0 spiro atoms. The van der Waals surface area contributed by atoms with E-state index >= 15 is 0 Å². The van der Waals surface area contributed by atoms with Gasteiger partial charge in [0.05, 0.1) is 6.54 Å². The molecule has 9 heteroatoms. The summed E-state index contributed by atoms with van der Waals surface area (Å²) < 4.78 is 16.4. The van der Waals surface area contributed by atoms with E-state index in [0.29, 0.717) is 37.1 Å². The summed E-state index contributed by atoms with van der Waals surface area (Å²) in [6.45, 7) is 7.35. The molecule has 4 heterocycles. The Bertz CT molecular complexity index is 1020. The molecule has 1 aliphatic rings. The van der Waals surface area contributed by atoms with Gasteiger partial charge in [-0.2, -0.15) is 4.98 Å². The summed E-state index contributed by atoms with van der Waals surface area (Å²) in [5, 5.41) is 8.10. The summed E-state index contributed by atoms with van der Waals surface area (Å²) in [5.41, 5.74) is 1.49. The Morgan fingerprint density at radius 3 is 2.87 bits per heavy atom. The molecule has 158 valence electrons. The fraction of sp³-hybridized carbons (Fsp3) is 0.429. The van der Waals surface area contributed by atoms with Crippen molar-refractivity contribution in [2.45, 2.75) is 45.8 Å². The van der Waals surface area contributed by atoms with E-state index in [1.165, 1.54) is 5.57 Å². The number of fused-ring (bicyclic) bond motifs is 1. The fourth-order valence-electron chi connectivity index (χ4n) is 3.15. The Morgan fingerprint density at radius 2 is 2.13 bits per heavy atom. The SMILES string of the molecule is CC(C)(C)OC(=O)N1CCC(=CNCc2noc(-c3cc4cnccc4o3)n2)CC1. The molecule has 0 aliphatic carbocycles. The lowest BCUT2D eigenvalue weighted by Gasteiger charge is -2.31. The zero-order chi connectivity index (χ0) is 21.1. The first-order chi connectivity index (χ1) is 14.4. The number of aromatic nitrogens is 3. The van der Waals surface area contributed by atoms with Gasteiger partial charge in [0, 0.05) is 30.9 Å². The molecule has 1 N–H and O–H groups in total. The van der Waals surface area contributed by atoms with Crippen molar-refractivity contribution in [2.75, 3.05) is 13.1 Å². The van der Waals surface area contributed by atoms with Gasteiger partial charge >= 0.3 is 6.09 Å².